The summed E-state index contributed by atoms with van der Waals surface area (Å²) in [5.74, 6) is -0.958. The van der Waals surface area contributed by atoms with Crippen LogP contribution >= 0.6 is 11.3 Å². The number of hydrogen-bond donors (Lipinski definition) is 2. The van der Waals surface area contributed by atoms with Crippen LogP contribution in [-0.2, 0) is 11.3 Å². The number of nitrogens with zero attached hydrogens (tertiary/aromatic N) is 1. The lowest BCUT2D eigenvalue weighted by molar-refractivity contribution is 0.0696. The van der Waals surface area contributed by atoms with E-state index in [9.17, 15) is 4.79 Å². The maximum atomic E-state index is 10.6. The van der Waals surface area contributed by atoms with Crippen LogP contribution in [0.4, 0.5) is 0 Å². The SMILES string of the molecule is O=C(O)c1nc(CNCCC2CCCO2)cs1. The number of ether oxygens (including phenoxy) is 1. The van der Waals surface area contributed by atoms with E-state index in [1.165, 1.54) is 17.8 Å². The van der Waals surface area contributed by atoms with Gasteiger partial charge in [-0.3, -0.25) is 0 Å². The monoisotopic (exact) mass is 256 g/mol. The summed E-state index contributed by atoms with van der Waals surface area (Å²) >= 11 is 1.17. The van der Waals surface area contributed by atoms with E-state index < -0.39 is 5.97 Å². The number of carbonyl (C=O) groups is 1. The second kappa shape index (κ2) is 6.09. The highest BCUT2D eigenvalue weighted by atomic mass is 32.1. The Bertz CT molecular complexity index is 375. The van der Waals surface area contributed by atoms with Crippen molar-refractivity contribution in [1.29, 1.82) is 0 Å². The van der Waals surface area contributed by atoms with Gasteiger partial charge >= 0.3 is 5.97 Å². The fraction of sp³-hybridized carbons (Fsp3) is 0.636. The first kappa shape index (κ1) is 12.5. The van der Waals surface area contributed by atoms with Crippen LogP contribution in [0.3, 0.4) is 0 Å². The largest absolute Gasteiger partial charge is 0.476 e. The number of thiazole rings is 1. The van der Waals surface area contributed by atoms with Gasteiger partial charge in [0.2, 0.25) is 5.01 Å². The van der Waals surface area contributed by atoms with Gasteiger partial charge in [0.15, 0.2) is 0 Å². The van der Waals surface area contributed by atoms with Crippen LogP contribution in [0, 0.1) is 0 Å². The number of carboxylic acid groups (broad SMARTS) is 1. The van der Waals surface area contributed by atoms with Gasteiger partial charge in [0, 0.05) is 18.5 Å². The Labute approximate surface area is 104 Å². The smallest absolute Gasteiger partial charge is 0.365 e. The lowest BCUT2D eigenvalue weighted by atomic mass is 10.2. The molecular formula is C11H16N2O3S. The highest BCUT2D eigenvalue weighted by Crippen LogP contribution is 2.14. The van der Waals surface area contributed by atoms with Crippen molar-refractivity contribution in [2.24, 2.45) is 0 Å². The van der Waals surface area contributed by atoms with Crippen molar-refractivity contribution in [2.75, 3.05) is 13.2 Å². The second-order valence-electron chi connectivity index (χ2n) is 4.05. The van der Waals surface area contributed by atoms with E-state index in [-0.39, 0.29) is 5.01 Å². The van der Waals surface area contributed by atoms with Gasteiger partial charge < -0.3 is 15.2 Å². The highest BCUT2D eigenvalue weighted by molar-refractivity contribution is 7.11. The average molecular weight is 256 g/mol. The quantitative estimate of drug-likeness (QED) is 0.755. The van der Waals surface area contributed by atoms with Crippen LogP contribution in [0.15, 0.2) is 5.38 Å². The molecular weight excluding hydrogens is 240 g/mol. The van der Waals surface area contributed by atoms with Crippen molar-refractivity contribution in [2.45, 2.75) is 31.9 Å². The molecule has 1 saturated heterocycles. The van der Waals surface area contributed by atoms with E-state index in [0.29, 0.717) is 12.6 Å². The van der Waals surface area contributed by atoms with Crippen LogP contribution in [0.5, 0.6) is 0 Å². The third-order valence-corrected chi connectivity index (χ3v) is 3.59. The van der Waals surface area contributed by atoms with Gasteiger partial charge in [-0.15, -0.1) is 11.3 Å². The molecule has 1 fully saturated rings. The summed E-state index contributed by atoms with van der Waals surface area (Å²) in [6.07, 6.45) is 3.73. The Hall–Kier alpha value is -0.980. The molecule has 0 saturated carbocycles. The summed E-state index contributed by atoms with van der Waals surface area (Å²) in [5.41, 5.74) is 0.791. The fourth-order valence-corrected chi connectivity index (χ4v) is 2.49. The molecule has 1 aliphatic rings. The first-order valence-electron chi connectivity index (χ1n) is 5.75. The highest BCUT2D eigenvalue weighted by Gasteiger charge is 2.14. The van der Waals surface area contributed by atoms with Gasteiger partial charge in [0.1, 0.15) is 0 Å². The fourth-order valence-electron chi connectivity index (χ4n) is 1.84. The summed E-state index contributed by atoms with van der Waals surface area (Å²) in [6.45, 7) is 2.39. The van der Waals surface area contributed by atoms with E-state index in [2.05, 4.69) is 10.3 Å². The summed E-state index contributed by atoms with van der Waals surface area (Å²) < 4.78 is 5.51. The summed E-state index contributed by atoms with van der Waals surface area (Å²) in [6, 6.07) is 0. The minimum atomic E-state index is -0.958. The molecule has 0 radical (unpaired) electrons. The maximum Gasteiger partial charge on any atom is 0.365 e. The topological polar surface area (TPSA) is 71.5 Å². The Balaban J connectivity index is 1.65. The zero-order chi connectivity index (χ0) is 12.1. The van der Waals surface area contributed by atoms with E-state index >= 15 is 0 Å². The van der Waals surface area contributed by atoms with E-state index in [4.69, 9.17) is 9.84 Å². The molecule has 1 aromatic heterocycles. The number of aromatic nitrogens is 1. The third kappa shape index (κ3) is 3.76. The average Bonchev–Trinajstić information content (AvgIpc) is 2.96. The van der Waals surface area contributed by atoms with E-state index in [1.807, 2.05) is 0 Å². The van der Waals surface area contributed by atoms with Gasteiger partial charge in [0.25, 0.3) is 0 Å². The minimum absolute atomic E-state index is 0.154. The van der Waals surface area contributed by atoms with Crippen LogP contribution < -0.4 is 5.32 Å². The molecule has 94 valence electrons. The molecule has 17 heavy (non-hydrogen) atoms. The van der Waals surface area contributed by atoms with E-state index in [1.54, 1.807) is 5.38 Å². The van der Waals surface area contributed by atoms with Crippen LogP contribution in [-0.4, -0.2) is 35.3 Å². The minimum Gasteiger partial charge on any atom is -0.476 e. The van der Waals surface area contributed by atoms with Crippen molar-refractivity contribution >= 4 is 17.3 Å². The van der Waals surface area contributed by atoms with Crippen LogP contribution in [0.1, 0.15) is 34.8 Å². The van der Waals surface area contributed by atoms with Crippen LogP contribution in [0.2, 0.25) is 0 Å². The molecule has 1 aromatic rings. The summed E-state index contributed by atoms with van der Waals surface area (Å²) in [7, 11) is 0. The molecule has 0 aromatic carbocycles. The number of nitrogens with one attached hydrogen (secondary N) is 1. The predicted molar refractivity (Wildman–Crippen MR) is 64.4 cm³/mol. The lowest BCUT2D eigenvalue weighted by Gasteiger charge is -2.08. The molecule has 6 heteroatoms. The predicted octanol–water partition coefficient (Wildman–Crippen LogP) is 1.50. The molecule has 0 bridgehead atoms. The molecule has 5 nitrogen and oxygen atoms in total. The van der Waals surface area contributed by atoms with Crippen molar-refractivity contribution in [1.82, 2.24) is 10.3 Å². The summed E-state index contributed by atoms with van der Waals surface area (Å²) in [5, 5.41) is 13.9. The zero-order valence-electron chi connectivity index (χ0n) is 9.52. The van der Waals surface area contributed by atoms with Gasteiger partial charge in [-0.05, 0) is 25.8 Å². The molecule has 0 amide bonds. The number of aromatic carboxylic acids is 1. The molecule has 0 spiro atoms. The van der Waals surface area contributed by atoms with Gasteiger partial charge in [-0.2, -0.15) is 0 Å². The van der Waals surface area contributed by atoms with Crippen LogP contribution in [0.25, 0.3) is 0 Å². The number of rotatable bonds is 6. The molecule has 1 aliphatic heterocycles. The van der Waals surface area contributed by atoms with Gasteiger partial charge in [-0.1, -0.05) is 0 Å². The Morgan fingerprint density at radius 2 is 2.59 bits per heavy atom. The Kier molecular flexibility index (Phi) is 4.47. The molecule has 1 unspecified atom stereocenters. The number of carboxylic acids is 1. The third-order valence-electron chi connectivity index (χ3n) is 2.71. The van der Waals surface area contributed by atoms with Gasteiger partial charge in [0.05, 0.1) is 11.8 Å². The molecule has 2 N–H and O–H groups in total. The lowest BCUT2D eigenvalue weighted by Crippen LogP contribution is -2.20. The van der Waals surface area contributed by atoms with Crippen molar-refractivity contribution < 1.29 is 14.6 Å². The zero-order valence-corrected chi connectivity index (χ0v) is 10.3. The Morgan fingerprint density at radius 1 is 1.71 bits per heavy atom. The Morgan fingerprint density at radius 3 is 3.24 bits per heavy atom. The van der Waals surface area contributed by atoms with Crippen molar-refractivity contribution in [3.8, 4) is 0 Å². The standard InChI is InChI=1S/C11H16N2O3S/c14-11(15)10-13-8(7-17-10)6-12-4-3-9-2-1-5-16-9/h7,9,12H,1-6H2,(H,14,15). The first-order valence-corrected chi connectivity index (χ1v) is 6.63. The maximum absolute atomic E-state index is 10.6. The molecule has 2 heterocycles. The molecule has 2 rings (SSSR count). The van der Waals surface area contributed by atoms with Gasteiger partial charge in [-0.25, -0.2) is 9.78 Å². The van der Waals surface area contributed by atoms with Crippen molar-refractivity contribution in [3.63, 3.8) is 0 Å². The summed E-state index contributed by atoms with van der Waals surface area (Å²) in [4.78, 5) is 14.6. The van der Waals surface area contributed by atoms with E-state index in [0.717, 1.165) is 31.7 Å². The normalized spacial score (nSPS) is 19.6. The second-order valence-corrected chi connectivity index (χ2v) is 4.91. The first-order chi connectivity index (χ1) is 8.25. The number of hydrogen-bond acceptors (Lipinski definition) is 5. The van der Waals surface area contributed by atoms with Crippen molar-refractivity contribution in [3.05, 3.63) is 16.1 Å². The molecule has 0 aliphatic carbocycles. The molecule has 1 atom stereocenters.